The van der Waals surface area contributed by atoms with Crippen molar-refractivity contribution in [1.29, 1.82) is 0 Å². The van der Waals surface area contributed by atoms with Crippen molar-refractivity contribution in [2.45, 2.75) is 44.3 Å². The number of carbonyl (C=O) groups is 1. The standard InChI is InChI=1S/C14H18O4/c15-11-5-3-4-10(8-11)9-13(14(16)17)18-12-6-1-2-7-12/h3-5,8,12-13,15H,1-2,6-7,9H2,(H,16,17)/t13-/m1/s1. The molecular formula is C14H18O4. The summed E-state index contributed by atoms with van der Waals surface area (Å²) in [5.74, 6) is -0.789. The third-order valence-corrected chi connectivity index (χ3v) is 3.27. The van der Waals surface area contributed by atoms with Crippen LogP contribution in [0, 0.1) is 0 Å². The third kappa shape index (κ3) is 3.47. The topological polar surface area (TPSA) is 66.8 Å². The molecule has 0 bridgehead atoms. The highest BCUT2D eigenvalue weighted by Gasteiger charge is 2.25. The SMILES string of the molecule is O=C(O)[C@@H](Cc1cccc(O)c1)OC1CCCC1. The Hall–Kier alpha value is -1.55. The molecule has 1 fully saturated rings. The number of carboxylic acids is 1. The lowest BCUT2D eigenvalue weighted by atomic mass is 10.1. The molecule has 0 aliphatic heterocycles. The Kier molecular flexibility index (Phi) is 4.20. The molecule has 0 heterocycles. The van der Waals surface area contributed by atoms with Crippen LogP contribution in [-0.2, 0) is 16.0 Å². The van der Waals surface area contributed by atoms with E-state index in [0.29, 0.717) is 6.42 Å². The van der Waals surface area contributed by atoms with E-state index in [1.807, 2.05) is 0 Å². The van der Waals surface area contributed by atoms with Gasteiger partial charge in [-0.25, -0.2) is 4.79 Å². The van der Waals surface area contributed by atoms with E-state index >= 15 is 0 Å². The number of aromatic hydroxyl groups is 1. The number of phenols is 1. The number of hydrogen-bond acceptors (Lipinski definition) is 3. The molecule has 1 aromatic rings. The molecule has 1 aliphatic rings. The number of benzene rings is 1. The van der Waals surface area contributed by atoms with Crippen LogP contribution in [0.15, 0.2) is 24.3 Å². The number of ether oxygens (including phenoxy) is 1. The molecule has 1 aliphatic carbocycles. The first-order valence-corrected chi connectivity index (χ1v) is 6.31. The Morgan fingerprint density at radius 1 is 1.39 bits per heavy atom. The summed E-state index contributed by atoms with van der Waals surface area (Å²) in [4.78, 5) is 11.2. The molecule has 0 radical (unpaired) electrons. The summed E-state index contributed by atoms with van der Waals surface area (Å²) in [6, 6.07) is 6.65. The number of hydrogen-bond donors (Lipinski definition) is 2. The molecule has 2 N–H and O–H groups in total. The molecule has 1 atom stereocenters. The van der Waals surface area contributed by atoms with Gasteiger partial charge in [0.2, 0.25) is 0 Å². The van der Waals surface area contributed by atoms with Crippen molar-refractivity contribution in [3.05, 3.63) is 29.8 Å². The number of phenolic OH excluding ortho intramolecular Hbond substituents is 1. The van der Waals surface area contributed by atoms with Crippen LogP contribution < -0.4 is 0 Å². The maximum atomic E-state index is 11.2. The second kappa shape index (κ2) is 5.87. The van der Waals surface area contributed by atoms with Crippen molar-refractivity contribution in [3.8, 4) is 5.75 Å². The average molecular weight is 250 g/mol. The van der Waals surface area contributed by atoms with Crippen LogP contribution in [0.5, 0.6) is 5.75 Å². The van der Waals surface area contributed by atoms with Gasteiger partial charge < -0.3 is 14.9 Å². The predicted molar refractivity (Wildman–Crippen MR) is 66.6 cm³/mol. The Morgan fingerprint density at radius 2 is 2.11 bits per heavy atom. The first-order valence-electron chi connectivity index (χ1n) is 6.31. The average Bonchev–Trinajstić information content (AvgIpc) is 2.81. The van der Waals surface area contributed by atoms with Gasteiger partial charge in [0.05, 0.1) is 6.10 Å². The summed E-state index contributed by atoms with van der Waals surface area (Å²) in [7, 11) is 0. The lowest BCUT2D eigenvalue weighted by Gasteiger charge is -2.18. The molecule has 2 rings (SSSR count). The third-order valence-electron chi connectivity index (χ3n) is 3.27. The zero-order valence-corrected chi connectivity index (χ0v) is 10.2. The minimum Gasteiger partial charge on any atom is -0.508 e. The van der Waals surface area contributed by atoms with Gasteiger partial charge in [-0.3, -0.25) is 0 Å². The van der Waals surface area contributed by atoms with Crippen LogP contribution in [-0.4, -0.2) is 28.4 Å². The number of aliphatic carboxylic acids is 1. The minimum atomic E-state index is -0.940. The summed E-state index contributed by atoms with van der Waals surface area (Å²) < 4.78 is 5.64. The molecular weight excluding hydrogens is 232 g/mol. The van der Waals surface area contributed by atoms with Crippen molar-refractivity contribution in [2.75, 3.05) is 0 Å². The normalized spacial score (nSPS) is 17.8. The van der Waals surface area contributed by atoms with Crippen LogP contribution >= 0.6 is 0 Å². The Morgan fingerprint density at radius 3 is 2.72 bits per heavy atom. The highest BCUT2D eigenvalue weighted by Crippen LogP contribution is 2.23. The number of carboxylic acid groups (broad SMARTS) is 1. The van der Waals surface area contributed by atoms with Gasteiger partial charge in [-0.2, -0.15) is 0 Å². The van der Waals surface area contributed by atoms with Crippen molar-refractivity contribution < 1.29 is 19.7 Å². The summed E-state index contributed by atoms with van der Waals surface area (Å²) in [6.45, 7) is 0. The molecule has 98 valence electrons. The van der Waals surface area contributed by atoms with Crippen molar-refractivity contribution >= 4 is 5.97 Å². The molecule has 1 saturated carbocycles. The lowest BCUT2D eigenvalue weighted by molar-refractivity contribution is -0.154. The summed E-state index contributed by atoms with van der Waals surface area (Å²) in [6.07, 6.45) is 3.67. The number of rotatable bonds is 5. The van der Waals surface area contributed by atoms with Gasteiger partial charge in [-0.05, 0) is 30.5 Å². The second-order valence-corrected chi connectivity index (χ2v) is 4.74. The van der Waals surface area contributed by atoms with E-state index in [9.17, 15) is 15.0 Å². The molecule has 0 spiro atoms. The zero-order chi connectivity index (χ0) is 13.0. The van der Waals surface area contributed by atoms with Gasteiger partial charge in [0.25, 0.3) is 0 Å². The Labute approximate surface area is 106 Å². The first-order chi connectivity index (χ1) is 8.65. The molecule has 0 amide bonds. The van der Waals surface area contributed by atoms with Crippen LogP contribution in [0.2, 0.25) is 0 Å². The van der Waals surface area contributed by atoms with Gasteiger partial charge >= 0.3 is 5.97 Å². The smallest absolute Gasteiger partial charge is 0.333 e. The Bertz CT molecular complexity index is 410. The van der Waals surface area contributed by atoms with Crippen LogP contribution in [0.1, 0.15) is 31.2 Å². The molecule has 0 saturated heterocycles. The predicted octanol–water partition coefficient (Wildman–Crippen LogP) is 2.35. The quantitative estimate of drug-likeness (QED) is 0.841. The van der Waals surface area contributed by atoms with Crippen molar-refractivity contribution in [3.63, 3.8) is 0 Å². The zero-order valence-electron chi connectivity index (χ0n) is 10.2. The van der Waals surface area contributed by atoms with E-state index in [4.69, 9.17) is 4.74 Å². The van der Waals surface area contributed by atoms with Gasteiger partial charge in [-0.1, -0.05) is 25.0 Å². The molecule has 4 heteroatoms. The largest absolute Gasteiger partial charge is 0.508 e. The fourth-order valence-electron chi connectivity index (χ4n) is 2.35. The first kappa shape index (κ1) is 12.9. The van der Waals surface area contributed by atoms with E-state index < -0.39 is 12.1 Å². The minimum absolute atomic E-state index is 0.0726. The monoisotopic (exact) mass is 250 g/mol. The van der Waals surface area contributed by atoms with E-state index in [-0.39, 0.29) is 11.9 Å². The maximum absolute atomic E-state index is 11.2. The van der Waals surface area contributed by atoms with Crippen molar-refractivity contribution in [1.82, 2.24) is 0 Å². The van der Waals surface area contributed by atoms with Crippen molar-refractivity contribution in [2.24, 2.45) is 0 Å². The van der Waals surface area contributed by atoms with Gasteiger partial charge in [0.1, 0.15) is 5.75 Å². The van der Waals surface area contributed by atoms with E-state index in [0.717, 1.165) is 31.2 Å². The van der Waals surface area contributed by atoms with E-state index in [1.54, 1.807) is 24.3 Å². The van der Waals surface area contributed by atoms with Crippen LogP contribution in [0.3, 0.4) is 0 Å². The highest BCUT2D eigenvalue weighted by molar-refractivity contribution is 5.72. The lowest BCUT2D eigenvalue weighted by Crippen LogP contribution is -2.30. The fraction of sp³-hybridized carbons (Fsp3) is 0.500. The fourth-order valence-corrected chi connectivity index (χ4v) is 2.35. The Balaban J connectivity index is 1.99. The molecule has 0 aromatic heterocycles. The summed E-state index contributed by atoms with van der Waals surface area (Å²) in [5, 5.41) is 18.5. The van der Waals surface area contributed by atoms with E-state index in [2.05, 4.69) is 0 Å². The molecule has 4 nitrogen and oxygen atoms in total. The summed E-state index contributed by atoms with van der Waals surface area (Å²) >= 11 is 0. The van der Waals surface area contributed by atoms with Gasteiger partial charge in [-0.15, -0.1) is 0 Å². The van der Waals surface area contributed by atoms with Gasteiger partial charge in [0.15, 0.2) is 6.10 Å². The van der Waals surface area contributed by atoms with Gasteiger partial charge in [0, 0.05) is 6.42 Å². The maximum Gasteiger partial charge on any atom is 0.333 e. The summed E-state index contributed by atoms with van der Waals surface area (Å²) in [5.41, 5.74) is 0.778. The van der Waals surface area contributed by atoms with E-state index in [1.165, 1.54) is 0 Å². The van der Waals surface area contributed by atoms with Crippen LogP contribution in [0.25, 0.3) is 0 Å². The molecule has 1 aromatic carbocycles. The highest BCUT2D eigenvalue weighted by atomic mass is 16.5. The molecule has 18 heavy (non-hydrogen) atoms. The second-order valence-electron chi connectivity index (χ2n) is 4.74. The molecule has 0 unspecified atom stereocenters. The van der Waals surface area contributed by atoms with Crippen LogP contribution in [0.4, 0.5) is 0 Å².